The Balaban J connectivity index is 2.05. The van der Waals surface area contributed by atoms with Crippen molar-refractivity contribution in [1.29, 1.82) is 0 Å². The third-order valence-corrected chi connectivity index (χ3v) is 2.79. The summed E-state index contributed by atoms with van der Waals surface area (Å²) in [5.41, 5.74) is 1.98. The molecule has 0 saturated heterocycles. The molecule has 20 heavy (non-hydrogen) atoms. The van der Waals surface area contributed by atoms with Gasteiger partial charge in [-0.1, -0.05) is 30.3 Å². The van der Waals surface area contributed by atoms with Crippen LogP contribution < -0.4 is 5.32 Å². The number of nitrogens with zero attached hydrogens (tertiary/aromatic N) is 1. The molecule has 6 heteroatoms. The molecule has 1 aromatic carbocycles. The van der Waals surface area contributed by atoms with Crippen LogP contribution in [0.25, 0.3) is 11.3 Å². The molecule has 0 bridgehead atoms. The van der Waals surface area contributed by atoms with Gasteiger partial charge in [0.05, 0.1) is 31.0 Å². The van der Waals surface area contributed by atoms with Gasteiger partial charge in [-0.15, -0.1) is 0 Å². The smallest absolute Gasteiger partial charge is 0.307 e. The lowest BCUT2D eigenvalue weighted by Crippen LogP contribution is -2.26. The molecule has 0 aliphatic carbocycles. The largest absolute Gasteiger partial charge is 0.469 e. The van der Waals surface area contributed by atoms with E-state index in [0.29, 0.717) is 11.3 Å². The van der Waals surface area contributed by atoms with Crippen LogP contribution in [0.3, 0.4) is 0 Å². The van der Waals surface area contributed by atoms with Gasteiger partial charge in [0.2, 0.25) is 0 Å². The second-order valence-corrected chi connectivity index (χ2v) is 4.11. The van der Waals surface area contributed by atoms with Crippen LogP contribution in [-0.2, 0) is 9.53 Å². The van der Waals surface area contributed by atoms with Crippen molar-refractivity contribution in [2.45, 2.75) is 6.42 Å². The first-order valence-electron chi connectivity index (χ1n) is 6.16. The molecule has 1 heterocycles. The van der Waals surface area contributed by atoms with E-state index in [1.807, 2.05) is 30.3 Å². The number of aromatic nitrogens is 2. The van der Waals surface area contributed by atoms with Crippen molar-refractivity contribution in [3.05, 3.63) is 42.1 Å². The molecule has 0 saturated carbocycles. The van der Waals surface area contributed by atoms with Crippen LogP contribution in [0.15, 0.2) is 36.5 Å². The number of aromatic amines is 1. The molecular formula is C14H15N3O3. The Morgan fingerprint density at radius 1 is 1.30 bits per heavy atom. The molecule has 1 amide bonds. The van der Waals surface area contributed by atoms with Crippen molar-refractivity contribution in [3.63, 3.8) is 0 Å². The highest BCUT2D eigenvalue weighted by Gasteiger charge is 2.15. The van der Waals surface area contributed by atoms with Crippen LogP contribution in [-0.4, -0.2) is 35.7 Å². The van der Waals surface area contributed by atoms with Crippen molar-refractivity contribution in [2.24, 2.45) is 0 Å². The summed E-state index contributed by atoms with van der Waals surface area (Å²) in [7, 11) is 1.31. The number of carbonyl (C=O) groups is 2. The number of carbonyl (C=O) groups excluding carboxylic acids is 2. The van der Waals surface area contributed by atoms with Gasteiger partial charge < -0.3 is 10.1 Å². The van der Waals surface area contributed by atoms with Gasteiger partial charge in [0.1, 0.15) is 0 Å². The molecule has 0 atom stereocenters. The molecular weight excluding hydrogens is 258 g/mol. The normalized spacial score (nSPS) is 10.1. The topological polar surface area (TPSA) is 84.1 Å². The Labute approximate surface area is 116 Å². The summed E-state index contributed by atoms with van der Waals surface area (Å²) in [6, 6.07) is 9.44. The Morgan fingerprint density at radius 2 is 2.05 bits per heavy atom. The van der Waals surface area contributed by atoms with E-state index >= 15 is 0 Å². The number of methoxy groups -OCH3 is 1. The van der Waals surface area contributed by atoms with E-state index in [0.717, 1.165) is 5.56 Å². The van der Waals surface area contributed by atoms with Crippen LogP contribution in [0.5, 0.6) is 0 Å². The van der Waals surface area contributed by atoms with Crippen molar-refractivity contribution in [2.75, 3.05) is 13.7 Å². The number of benzene rings is 1. The van der Waals surface area contributed by atoms with Gasteiger partial charge in [-0.05, 0) is 0 Å². The van der Waals surface area contributed by atoms with Crippen molar-refractivity contribution in [1.82, 2.24) is 15.5 Å². The predicted octanol–water partition coefficient (Wildman–Crippen LogP) is 1.37. The van der Waals surface area contributed by atoms with Gasteiger partial charge in [-0.3, -0.25) is 14.7 Å². The molecule has 0 radical (unpaired) electrons. The van der Waals surface area contributed by atoms with E-state index in [9.17, 15) is 9.59 Å². The van der Waals surface area contributed by atoms with Gasteiger partial charge >= 0.3 is 5.97 Å². The fraction of sp³-hybridized carbons (Fsp3) is 0.214. The molecule has 0 aliphatic rings. The molecule has 0 aliphatic heterocycles. The minimum atomic E-state index is -0.360. The molecule has 0 unspecified atom stereocenters. The van der Waals surface area contributed by atoms with E-state index in [4.69, 9.17) is 0 Å². The Bertz CT molecular complexity index is 593. The maximum Gasteiger partial charge on any atom is 0.307 e. The van der Waals surface area contributed by atoms with E-state index in [-0.39, 0.29) is 24.8 Å². The van der Waals surface area contributed by atoms with E-state index < -0.39 is 0 Å². The molecule has 2 aromatic rings. The third-order valence-electron chi connectivity index (χ3n) is 2.79. The zero-order chi connectivity index (χ0) is 14.4. The molecule has 2 N–H and O–H groups in total. The molecule has 0 fully saturated rings. The minimum absolute atomic E-state index is 0.140. The molecule has 2 rings (SSSR count). The lowest BCUT2D eigenvalue weighted by molar-refractivity contribution is -0.140. The van der Waals surface area contributed by atoms with E-state index in [1.165, 1.54) is 13.3 Å². The highest BCUT2D eigenvalue weighted by atomic mass is 16.5. The number of nitrogens with one attached hydrogen (secondary N) is 2. The van der Waals surface area contributed by atoms with Crippen LogP contribution in [0.1, 0.15) is 16.8 Å². The number of esters is 1. The van der Waals surface area contributed by atoms with Crippen molar-refractivity contribution >= 4 is 11.9 Å². The lowest BCUT2D eigenvalue weighted by atomic mass is 10.1. The summed E-state index contributed by atoms with van der Waals surface area (Å²) in [6.07, 6.45) is 1.61. The zero-order valence-corrected chi connectivity index (χ0v) is 11.1. The predicted molar refractivity (Wildman–Crippen MR) is 73.0 cm³/mol. The number of hydrogen-bond acceptors (Lipinski definition) is 4. The third kappa shape index (κ3) is 3.23. The average molecular weight is 273 g/mol. The Hall–Kier alpha value is -2.63. The second kappa shape index (κ2) is 6.51. The van der Waals surface area contributed by atoms with Crippen LogP contribution in [0.2, 0.25) is 0 Å². The SMILES string of the molecule is COC(=O)CCNC(=O)c1cn[nH]c1-c1ccccc1. The van der Waals surface area contributed by atoms with Crippen LogP contribution in [0.4, 0.5) is 0 Å². The summed E-state index contributed by atoms with van der Waals surface area (Å²) in [4.78, 5) is 23.0. The lowest BCUT2D eigenvalue weighted by Gasteiger charge is -2.05. The molecule has 1 aromatic heterocycles. The number of hydrogen-bond donors (Lipinski definition) is 2. The maximum absolute atomic E-state index is 12.0. The second-order valence-electron chi connectivity index (χ2n) is 4.11. The number of amides is 1. The molecule has 0 spiro atoms. The van der Waals surface area contributed by atoms with Gasteiger partial charge in [0.15, 0.2) is 0 Å². The van der Waals surface area contributed by atoms with Crippen LogP contribution in [0, 0.1) is 0 Å². The van der Waals surface area contributed by atoms with E-state index in [2.05, 4.69) is 20.3 Å². The minimum Gasteiger partial charge on any atom is -0.469 e. The summed E-state index contributed by atoms with van der Waals surface area (Å²) in [5, 5.41) is 9.37. The monoisotopic (exact) mass is 273 g/mol. The van der Waals surface area contributed by atoms with Crippen molar-refractivity contribution in [3.8, 4) is 11.3 Å². The van der Waals surface area contributed by atoms with E-state index in [1.54, 1.807) is 0 Å². The summed E-state index contributed by atoms with van der Waals surface area (Å²) in [6.45, 7) is 0.227. The molecule has 104 valence electrons. The zero-order valence-electron chi connectivity index (χ0n) is 11.1. The van der Waals surface area contributed by atoms with Crippen molar-refractivity contribution < 1.29 is 14.3 Å². The molecule has 6 nitrogen and oxygen atoms in total. The Kier molecular flexibility index (Phi) is 4.49. The summed E-state index contributed by atoms with van der Waals surface area (Å²) < 4.78 is 4.51. The first-order chi connectivity index (χ1) is 9.72. The highest BCUT2D eigenvalue weighted by Crippen LogP contribution is 2.20. The number of rotatable bonds is 5. The van der Waals surface area contributed by atoms with Gasteiger partial charge in [0, 0.05) is 12.1 Å². The fourth-order valence-corrected chi connectivity index (χ4v) is 1.76. The Morgan fingerprint density at radius 3 is 2.75 bits per heavy atom. The van der Waals surface area contributed by atoms with Gasteiger partial charge in [-0.2, -0.15) is 5.10 Å². The van der Waals surface area contributed by atoms with Gasteiger partial charge in [-0.25, -0.2) is 0 Å². The highest BCUT2D eigenvalue weighted by molar-refractivity contribution is 5.99. The average Bonchev–Trinajstić information content (AvgIpc) is 2.97. The summed E-state index contributed by atoms with van der Waals surface area (Å²) in [5.74, 6) is -0.637. The summed E-state index contributed by atoms with van der Waals surface area (Å²) >= 11 is 0. The first-order valence-corrected chi connectivity index (χ1v) is 6.16. The van der Waals surface area contributed by atoms with Gasteiger partial charge in [0.25, 0.3) is 5.91 Å². The van der Waals surface area contributed by atoms with Crippen LogP contribution >= 0.6 is 0 Å². The maximum atomic E-state index is 12.0. The quantitative estimate of drug-likeness (QED) is 0.806. The fourth-order valence-electron chi connectivity index (χ4n) is 1.76. The standard InChI is InChI=1S/C14H15N3O3/c1-20-12(18)7-8-15-14(19)11-9-16-17-13(11)10-5-3-2-4-6-10/h2-6,9H,7-8H2,1H3,(H,15,19)(H,16,17). The number of H-pyrrole nitrogens is 1. The first kappa shape index (κ1) is 13.8. The number of ether oxygens (including phenoxy) is 1.